The van der Waals surface area contributed by atoms with Crippen molar-refractivity contribution in [2.24, 2.45) is 40.9 Å². The molecule has 0 aromatic rings. The highest BCUT2D eigenvalue weighted by Gasteiger charge is 2.60. The Kier molecular flexibility index (Phi) is 2.25. The molecule has 0 aliphatic heterocycles. The van der Waals surface area contributed by atoms with Gasteiger partial charge in [-0.15, -0.1) is 0 Å². The normalized spacial score (nSPS) is 56.3. The van der Waals surface area contributed by atoms with Crippen molar-refractivity contribution in [2.75, 3.05) is 0 Å². The second-order valence-corrected chi connectivity index (χ2v) is 8.17. The second-order valence-electron chi connectivity index (χ2n) is 8.17. The van der Waals surface area contributed by atoms with E-state index in [1.54, 1.807) is 51.4 Å². The topological polar surface area (TPSA) is 0 Å². The zero-order chi connectivity index (χ0) is 11.6. The van der Waals surface area contributed by atoms with Crippen molar-refractivity contribution >= 4 is 0 Å². The summed E-state index contributed by atoms with van der Waals surface area (Å²) in [6.07, 6.45) is 12.8. The van der Waals surface area contributed by atoms with Gasteiger partial charge >= 0.3 is 0 Å². The van der Waals surface area contributed by atoms with E-state index in [1.165, 1.54) is 11.8 Å². The Morgan fingerprint density at radius 1 is 0.824 bits per heavy atom. The van der Waals surface area contributed by atoms with Crippen molar-refractivity contribution in [3.05, 3.63) is 0 Å². The average Bonchev–Trinajstić information content (AvgIpc) is 2.81. The summed E-state index contributed by atoms with van der Waals surface area (Å²) in [4.78, 5) is 0. The molecule has 0 amide bonds. The molecular weight excluding hydrogens is 204 g/mol. The summed E-state index contributed by atoms with van der Waals surface area (Å²) >= 11 is 0. The molecule has 0 unspecified atom stereocenters. The molecule has 0 radical (unpaired) electrons. The van der Waals surface area contributed by atoms with Crippen LogP contribution in [0.1, 0.15) is 65.2 Å². The Morgan fingerprint density at radius 2 is 1.29 bits per heavy atom. The standard InChI is InChI=1S/C17H28/c1-11(2)12-3-5-17(6-4-12)15-7-13-8-16(17)10-14(13)9-15/h11-16H,3-10H2,1-2H3. The van der Waals surface area contributed by atoms with Crippen LogP contribution in [-0.2, 0) is 0 Å². The minimum absolute atomic E-state index is 0.856. The largest absolute Gasteiger partial charge is 0.0625 e. The predicted octanol–water partition coefficient (Wildman–Crippen LogP) is 4.89. The Morgan fingerprint density at radius 3 is 1.71 bits per heavy atom. The fourth-order valence-corrected chi connectivity index (χ4v) is 6.55. The van der Waals surface area contributed by atoms with E-state index in [1.807, 2.05) is 0 Å². The summed E-state index contributed by atoms with van der Waals surface area (Å²) in [5.41, 5.74) is 0.856. The predicted molar refractivity (Wildman–Crippen MR) is 71.7 cm³/mol. The molecule has 5 rings (SSSR count). The fourth-order valence-electron chi connectivity index (χ4n) is 6.55. The molecule has 0 atom stereocenters. The molecule has 0 aromatic heterocycles. The minimum atomic E-state index is 0.856. The van der Waals surface area contributed by atoms with E-state index in [0.717, 1.165) is 29.1 Å². The van der Waals surface area contributed by atoms with Crippen molar-refractivity contribution in [1.82, 2.24) is 0 Å². The summed E-state index contributed by atoms with van der Waals surface area (Å²) in [6.45, 7) is 4.88. The summed E-state index contributed by atoms with van der Waals surface area (Å²) in [7, 11) is 0. The van der Waals surface area contributed by atoms with Crippen molar-refractivity contribution in [3.63, 3.8) is 0 Å². The van der Waals surface area contributed by atoms with Gasteiger partial charge in [0.25, 0.3) is 0 Å². The molecule has 5 aliphatic rings. The minimum Gasteiger partial charge on any atom is -0.0625 e. The second kappa shape index (κ2) is 3.52. The third kappa shape index (κ3) is 1.36. The van der Waals surface area contributed by atoms with Crippen molar-refractivity contribution in [2.45, 2.75) is 65.2 Å². The highest BCUT2D eigenvalue weighted by molar-refractivity contribution is 5.10. The Bertz CT molecular complexity index is 276. The van der Waals surface area contributed by atoms with Crippen molar-refractivity contribution in [3.8, 4) is 0 Å². The van der Waals surface area contributed by atoms with Gasteiger partial charge in [-0.3, -0.25) is 0 Å². The lowest BCUT2D eigenvalue weighted by Gasteiger charge is -2.53. The summed E-state index contributed by atoms with van der Waals surface area (Å²) in [6, 6.07) is 0. The molecule has 17 heavy (non-hydrogen) atoms. The number of rotatable bonds is 1. The lowest BCUT2D eigenvalue weighted by molar-refractivity contribution is -0.0306. The first-order valence-corrected chi connectivity index (χ1v) is 8.19. The quantitative estimate of drug-likeness (QED) is 0.604. The SMILES string of the molecule is CC(C)C1CCC2(CC1)C1CC3CC2CC3C1. The van der Waals surface area contributed by atoms with E-state index >= 15 is 0 Å². The van der Waals surface area contributed by atoms with Gasteiger partial charge < -0.3 is 0 Å². The van der Waals surface area contributed by atoms with Crippen LogP contribution in [0.3, 0.4) is 0 Å². The van der Waals surface area contributed by atoms with Gasteiger partial charge in [0.1, 0.15) is 0 Å². The van der Waals surface area contributed by atoms with Gasteiger partial charge in [0, 0.05) is 0 Å². The van der Waals surface area contributed by atoms with Gasteiger partial charge in [-0.25, -0.2) is 0 Å². The van der Waals surface area contributed by atoms with Gasteiger partial charge in [0.2, 0.25) is 0 Å². The molecule has 0 N–H and O–H groups in total. The molecule has 0 saturated heterocycles. The van der Waals surface area contributed by atoms with Crippen LogP contribution >= 0.6 is 0 Å². The monoisotopic (exact) mass is 232 g/mol. The molecule has 0 nitrogen and oxygen atoms in total. The fraction of sp³-hybridized carbons (Fsp3) is 1.00. The smallest absolute Gasteiger partial charge is 0.0240 e. The van der Waals surface area contributed by atoms with E-state index < -0.39 is 0 Å². The van der Waals surface area contributed by atoms with Gasteiger partial charge in [-0.1, -0.05) is 13.8 Å². The first-order chi connectivity index (χ1) is 8.19. The van der Waals surface area contributed by atoms with Crippen LogP contribution in [0, 0.1) is 40.9 Å². The highest BCUT2D eigenvalue weighted by Crippen LogP contribution is 2.70. The molecular formula is C17H28. The van der Waals surface area contributed by atoms with Gasteiger partial charge in [-0.05, 0) is 92.3 Å². The maximum atomic E-state index is 2.44. The lowest BCUT2D eigenvalue weighted by Crippen LogP contribution is -2.44. The maximum absolute atomic E-state index is 2.44. The Hall–Kier alpha value is 0. The Labute approximate surface area is 107 Å². The molecule has 5 saturated carbocycles. The zero-order valence-electron chi connectivity index (χ0n) is 11.6. The molecule has 0 heterocycles. The highest BCUT2D eigenvalue weighted by atomic mass is 14.7. The molecule has 5 aliphatic carbocycles. The molecule has 5 fully saturated rings. The molecule has 0 aromatic carbocycles. The number of hydrogen-bond acceptors (Lipinski definition) is 0. The van der Waals surface area contributed by atoms with E-state index in [4.69, 9.17) is 0 Å². The van der Waals surface area contributed by atoms with Crippen LogP contribution in [0.5, 0.6) is 0 Å². The maximum Gasteiger partial charge on any atom is -0.0240 e. The molecule has 4 bridgehead atoms. The third-order valence-corrected chi connectivity index (χ3v) is 7.55. The van der Waals surface area contributed by atoms with E-state index in [2.05, 4.69) is 13.8 Å². The molecule has 96 valence electrons. The van der Waals surface area contributed by atoms with E-state index in [-0.39, 0.29) is 0 Å². The van der Waals surface area contributed by atoms with Crippen LogP contribution in [0.4, 0.5) is 0 Å². The van der Waals surface area contributed by atoms with Crippen molar-refractivity contribution < 1.29 is 0 Å². The molecule has 0 heteroatoms. The van der Waals surface area contributed by atoms with Crippen LogP contribution in [0.2, 0.25) is 0 Å². The first kappa shape index (κ1) is 10.9. The Balaban J connectivity index is 1.55. The van der Waals surface area contributed by atoms with Crippen LogP contribution in [-0.4, -0.2) is 0 Å². The van der Waals surface area contributed by atoms with Gasteiger partial charge in [0.15, 0.2) is 0 Å². The zero-order valence-corrected chi connectivity index (χ0v) is 11.6. The van der Waals surface area contributed by atoms with Crippen molar-refractivity contribution in [1.29, 1.82) is 0 Å². The lowest BCUT2D eigenvalue weighted by atomic mass is 9.52. The van der Waals surface area contributed by atoms with Crippen LogP contribution in [0.25, 0.3) is 0 Å². The third-order valence-electron chi connectivity index (χ3n) is 7.55. The number of hydrogen-bond donors (Lipinski definition) is 0. The summed E-state index contributed by atoms with van der Waals surface area (Å²) in [5.74, 6) is 6.67. The van der Waals surface area contributed by atoms with Crippen LogP contribution < -0.4 is 0 Å². The summed E-state index contributed by atoms with van der Waals surface area (Å²) < 4.78 is 0. The van der Waals surface area contributed by atoms with E-state index in [9.17, 15) is 0 Å². The average molecular weight is 232 g/mol. The molecule has 1 spiro atoms. The van der Waals surface area contributed by atoms with Crippen LogP contribution in [0.15, 0.2) is 0 Å². The van der Waals surface area contributed by atoms with Gasteiger partial charge in [0.05, 0.1) is 0 Å². The first-order valence-electron chi connectivity index (χ1n) is 8.19. The van der Waals surface area contributed by atoms with E-state index in [0.29, 0.717) is 0 Å². The summed E-state index contributed by atoms with van der Waals surface area (Å²) in [5, 5.41) is 0. The van der Waals surface area contributed by atoms with Gasteiger partial charge in [-0.2, -0.15) is 0 Å².